The van der Waals surface area contributed by atoms with Gasteiger partial charge in [-0.3, -0.25) is 10.4 Å². The molecule has 0 spiro atoms. The first kappa shape index (κ1) is 12.3. The second-order valence-corrected chi connectivity index (χ2v) is 4.95. The van der Waals surface area contributed by atoms with E-state index in [-0.39, 0.29) is 0 Å². The summed E-state index contributed by atoms with van der Waals surface area (Å²) in [6.07, 6.45) is 4.81. The molecule has 15 heavy (non-hydrogen) atoms. The van der Waals surface area contributed by atoms with Gasteiger partial charge in [0.25, 0.3) is 0 Å². The van der Waals surface area contributed by atoms with Crippen LogP contribution in [0.25, 0.3) is 0 Å². The molecule has 0 amide bonds. The van der Waals surface area contributed by atoms with Gasteiger partial charge in [0.1, 0.15) is 0 Å². The van der Waals surface area contributed by atoms with Gasteiger partial charge in [-0.25, -0.2) is 5.84 Å². The smallest absolute Gasteiger partial charge is 0.205 e. The minimum absolute atomic E-state index is 0.351. The Morgan fingerprint density at radius 2 is 2.27 bits per heavy atom. The minimum atomic E-state index is 0.351. The average Bonchev–Trinajstić information content (AvgIpc) is 2.52. The van der Waals surface area contributed by atoms with E-state index in [0.717, 1.165) is 18.9 Å². The molecular weight excluding hydrogens is 188 g/mol. The van der Waals surface area contributed by atoms with Crippen LogP contribution in [-0.4, -0.2) is 18.5 Å². The zero-order valence-electron chi connectivity index (χ0n) is 10.1. The van der Waals surface area contributed by atoms with Crippen molar-refractivity contribution in [2.75, 3.05) is 6.54 Å². The van der Waals surface area contributed by atoms with E-state index in [1.807, 2.05) is 0 Å². The molecule has 1 unspecified atom stereocenters. The van der Waals surface area contributed by atoms with Crippen molar-refractivity contribution in [1.29, 1.82) is 0 Å². The largest absolute Gasteiger partial charge is 0.352 e. The Morgan fingerprint density at radius 3 is 2.73 bits per heavy atom. The third-order valence-electron chi connectivity index (χ3n) is 3.20. The van der Waals surface area contributed by atoms with Gasteiger partial charge in [-0.05, 0) is 24.7 Å². The quantitative estimate of drug-likeness (QED) is 0.287. The van der Waals surface area contributed by atoms with Gasteiger partial charge in [0, 0.05) is 12.6 Å². The number of guanidine groups is 1. The molecule has 1 saturated carbocycles. The fraction of sp³-hybridized carbons (Fsp3) is 0.909. The van der Waals surface area contributed by atoms with Crippen LogP contribution in [0, 0.1) is 5.41 Å². The highest BCUT2D eigenvalue weighted by Gasteiger charge is 2.34. The number of hydrazine groups is 1. The summed E-state index contributed by atoms with van der Waals surface area (Å²) in [5.41, 5.74) is 2.99. The molecule has 4 N–H and O–H groups in total. The van der Waals surface area contributed by atoms with Gasteiger partial charge in [-0.15, -0.1) is 0 Å². The Morgan fingerprint density at radius 1 is 1.53 bits per heavy atom. The summed E-state index contributed by atoms with van der Waals surface area (Å²) in [6.45, 7) is 7.52. The van der Waals surface area contributed by atoms with E-state index in [9.17, 15) is 0 Å². The molecule has 1 aliphatic rings. The normalized spacial score (nSPS) is 25.3. The van der Waals surface area contributed by atoms with E-state index >= 15 is 0 Å². The Hall–Kier alpha value is -0.770. The number of hydrogen-bond donors (Lipinski definition) is 3. The van der Waals surface area contributed by atoms with E-state index in [2.05, 4.69) is 36.5 Å². The second kappa shape index (κ2) is 5.35. The molecule has 0 aromatic carbocycles. The van der Waals surface area contributed by atoms with Crippen molar-refractivity contribution in [3.63, 3.8) is 0 Å². The third-order valence-corrected chi connectivity index (χ3v) is 3.20. The molecule has 0 bridgehead atoms. The summed E-state index contributed by atoms with van der Waals surface area (Å²) >= 11 is 0. The van der Waals surface area contributed by atoms with E-state index in [0.29, 0.717) is 11.5 Å². The van der Waals surface area contributed by atoms with Gasteiger partial charge >= 0.3 is 0 Å². The Kier molecular flexibility index (Phi) is 4.39. The van der Waals surface area contributed by atoms with Crippen LogP contribution in [0.1, 0.15) is 46.5 Å². The minimum Gasteiger partial charge on any atom is -0.352 e. The summed E-state index contributed by atoms with van der Waals surface area (Å²) in [7, 11) is 0. The van der Waals surface area contributed by atoms with Gasteiger partial charge in [0.15, 0.2) is 0 Å². The van der Waals surface area contributed by atoms with Gasteiger partial charge < -0.3 is 5.32 Å². The second-order valence-electron chi connectivity index (χ2n) is 4.95. The first-order chi connectivity index (χ1) is 7.10. The van der Waals surface area contributed by atoms with Crippen LogP contribution >= 0.6 is 0 Å². The van der Waals surface area contributed by atoms with Gasteiger partial charge in [-0.2, -0.15) is 0 Å². The first-order valence-electron chi connectivity index (χ1n) is 5.87. The van der Waals surface area contributed by atoms with Crippen LogP contribution in [0.4, 0.5) is 0 Å². The van der Waals surface area contributed by atoms with Crippen molar-refractivity contribution in [3.05, 3.63) is 0 Å². The SMILES string of the molecule is CCCN=C(NN)NC1CCCC1(C)C. The molecule has 1 rings (SSSR count). The van der Waals surface area contributed by atoms with Crippen molar-refractivity contribution in [1.82, 2.24) is 10.7 Å². The van der Waals surface area contributed by atoms with E-state index in [1.54, 1.807) is 0 Å². The number of nitrogens with one attached hydrogen (secondary N) is 2. The number of rotatable bonds is 3. The van der Waals surface area contributed by atoms with Crippen molar-refractivity contribution in [2.24, 2.45) is 16.3 Å². The molecule has 1 fully saturated rings. The van der Waals surface area contributed by atoms with Gasteiger partial charge in [0.05, 0.1) is 0 Å². The van der Waals surface area contributed by atoms with E-state index in [4.69, 9.17) is 5.84 Å². The summed E-state index contributed by atoms with van der Waals surface area (Å²) in [5.74, 6) is 6.17. The maximum atomic E-state index is 5.44. The summed E-state index contributed by atoms with van der Waals surface area (Å²) in [5, 5.41) is 3.40. The Balaban J connectivity index is 2.51. The molecule has 0 heterocycles. The maximum Gasteiger partial charge on any atom is 0.205 e. The lowest BCUT2D eigenvalue weighted by molar-refractivity contribution is 0.309. The summed E-state index contributed by atoms with van der Waals surface area (Å²) < 4.78 is 0. The average molecular weight is 212 g/mol. The fourth-order valence-corrected chi connectivity index (χ4v) is 2.12. The molecule has 0 aliphatic heterocycles. The number of hydrogen-bond acceptors (Lipinski definition) is 2. The highest BCUT2D eigenvalue weighted by molar-refractivity contribution is 5.79. The van der Waals surface area contributed by atoms with Crippen LogP contribution in [0.3, 0.4) is 0 Å². The highest BCUT2D eigenvalue weighted by atomic mass is 15.3. The van der Waals surface area contributed by atoms with Crippen LogP contribution in [0.15, 0.2) is 4.99 Å². The topological polar surface area (TPSA) is 62.4 Å². The van der Waals surface area contributed by atoms with Crippen LogP contribution < -0.4 is 16.6 Å². The van der Waals surface area contributed by atoms with Crippen molar-refractivity contribution < 1.29 is 0 Å². The predicted octanol–water partition coefficient (Wildman–Crippen LogP) is 1.38. The monoisotopic (exact) mass is 212 g/mol. The number of nitrogens with zero attached hydrogens (tertiary/aromatic N) is 1. The zero-order chi connectivity index (χ0) is 11.3. The Labute approximate surface area is 92.7 Å². The summed E-state index contributed by atoms with van der Waals surface area (Å²) in [6, 6.07) is 0.490. The molecule has 88 valence electrons. The van der Waals surface area contributed by atoms with Crippen LogP contribution in [-0.2, 0) is 0 Å². The lowest BCUT2D eigenvalue weighted by Crippen LogP contribution is -2.49. The van der Waals surface area contributed by atoms with E-state index < -0.39 is 0 Å². The molecule has 0 radical (unpaired) electrons. The highest BCUT2D eigenvalue weighted by Crippen LogP contribution is 2.36. The van der Waals surface area contributed by atoms with Crippen molar-refractivity contribution in [2.45, 2.75) is 52.5 Å². The standard InChI is InChI=1S/C11H24N4/c1-4-8-13-10(15-12)14-9-6-5-7-11(9,2)3/h9H,4-8,12H2,1-3H3,(H2,13,14,15). The zero-order valence-corrected chi connectivity index (χ0v) is 10.1. The van der Waals surface area contributed by atoms with Gasteiger partial charge in [0.2, 0.25) is 5.96 Å². The van der Waals surface area contributed by atoms with E-state index in [1.165, 1.54) is 19.3 Å². The number of nitrogens with two attached hydrogens (primary N) is 1. The molecule has 4 heteroatoms. The summed E-state index contributed by atoms with van der Waals surface area (Å²) in [4.78, 5) is 4.36. The van der Waals surface area contributed by atoms with Crippen LogP contribution in [0.2, 0.25) is 0 Å². The molecule has 1 atom stereocenters. The van der Waals surface area contributed by atoms with Gasteiger partial charge in [-0.1, -0.05) is 27.2 Å². The molecule has 4 nitrogen and oxygen atoms in total. The number of aliphatic imine (C=N–C) groups is 1. The molecule has 0 aromatic rings. The Bertz CT molecular complexity index is 223. The maximum absolute atomic E-state index is 5.44. The molecule has 0 aromatic heterocycles. The molecule has 0 saturated heterocycles. The lowest BCUT2D eigenvalue weighted by Gasteiger charge is -2.28. The predicted molar refractivity (Wildman–Crippen MR) is 64.5 cm³/mol. The third kappa shape index (κ3) is 3.38. The van der Waals surface area contributed by atoms with Crippen molar-refractivity contribution >= 4 is 5.96 Å². The lowest BCUT2D eigenvalue weighted by atomic mass is 9.87. The molecule has 1 aliphatic carbocycles. The molecular formula is C11H24N4. The van der Waals surface area contributed by atoms with Crippen LogP contribution in [0.5, 0.6) is 0 Å². The van der Waals surface area contributed by atoms with Crippen molar-refractivity contribution in [3.8, 4) is 0 Å². The fourth-order valence-electron chi connectivity index (χ4n) is 2.12. The first-order valence-corrected chi connectivity index (χ1v) is 5.87.